The fourth-order valence-electron chi connectivity index (χ4n) is 1.61. The highest BCUT2D eigenvalue weighted by Gasteiger charge is 2.60. The Morgan fingerprint density at radius 3 is 1.73 bits per heavy atom. The Hall–Kier alpha value is -0.460. The summed E-state index contributed by atoms with van der Waals surface area (Å²) in [6.07, 6.45) is -7.25. The summed E-state index contributed by atoms with van der Waals surface area (Å²) in [5, 5.41) is 0. The molecular formula is C8H11F6N. The first-order valence-corrected chi connectivity index (χ1v) is 4.43. The zero-order chi connectivity index (χ0) is 11.9. The van der Waals surface area contributed by atoms with Crippen LogP contribution >= 0.6 is 0 Å². The van der Waals surface area contributed by atoms with Crippen LogP contribution < -0.4 is 5.73 Å². The van der Waals surface area contributed by atoms with E-state index in [-0.39, 0.29) is 0 Å². The highest BCUT2D eigenvalue weighted by atomic mass is 19.3. The molecule has 0 unspecified atom stereocenters. The lowest BCUT2D eigenvalue weighted by molar-refractivity contribution is -0.196. The van der Waals surface area contributed by atoms with Crippen LogP contribution in [0.25, 0.3) is 0 Å². The average molecular weight is 235 g/mol. The van der Waals surface area contributed by atoms with Crippen molar-refractivity contribution in [1.82, 2.24) is 0 Å². The number of halogens is 6. The number of nitrogens with two attached hydrogens (primary N) is 1. The SMILES string of the molecule is NC1(C(F)(F)C(F)F)CCC(F)(F)CC1. The van der Waals surface area contributed by atoms with E-state index in [0.717, 1.165) is 0 Å². The van der Waals surface area contributed by atoms with E-state index in [4.69, 9.17) is 5.73 Å². The molecular weight excluding hydrogens is 224 g/mol. The van der Waals surface area contributed by atoms with Crippen molar-refractivity contribution in [2.75, 3.05) is 0 Å². The van der Waals surface area contributed by atoms with Crippen LogP contribution in [-0.4, -0.2) is 23.8 Å². The summed E-state index contributed by atoms with van der Waals surface area (Å²) in [5.41, 5.74) is 2.58. The lowest BCUT2D eigenvalue weighted by atomic mass is 9.76. The number of alkyl halides is 6. The second-order valence-corrected chi connectivity index (χ2v) is 3.94. The minimum absolute atomic E-state index is 0.794. The molecule has 0 heterocycles. The van der Waals surface area contributed by atoms with Crippen LogP contribution in [0.5, 0.6) is 0 Å². The second kappa shape index (κ2) is 3.54. The molecule has 90 valence electrons. The molecule has 0 atom stereocenters. The van der Waals surface area contributed by atoms with E-state index >= 15 is 0 Å². The maximum Gasteiger partial charge on any atom is 0.324 e. The molecule has 0 radical (unpaired) electrons. The van der Waals surface area contributed by atoms with Gasteiger partial charge < -0.3 is 5.73 Å². The second-order valence-electron chi connectivity index (χ2n) is 3.94. The summed E-state index contributed by atoms with van der Waals surface area (Å²) >= 11 is 0. The Labute approximate surface area is 82.6 Å². The molecule has 7 heteroatoms. The lowest BCUT2D eigenvalue weighted by Crippen LogP contribution is -2.61. The van der Waals surface area contributed by atoms with Gasteiger partial charge in [0.1, 0.15) is 0 Å². The van der Waals surface area contributed by atoms with Crippen molar-refractivity contribution in [3.63, 3.8) is 0 Å². The molecule has 0 bridgehead atoms. The molecule has 1 rings (SSSR count). The standard InChI is InChI=1S/C8H11F6N/c9-5(10)8(13,14)6(15)1-3-7(11,12)4-2-6/h5H,1-4,15H2. The quantitative estimate of drug-likeness (QED) is 0.732. The monoisotopic (exact) mass is 235 g/mol. The van der Waals surface area contributed by atoms with E-state index < -0.39 is 49.5 Å². The number of hydrogen-bond donors (Lipinski definition) is 1. The van der Waals surface area contributed by atoms with Gasteiger partial charge in [-0.05, 0) is 12.8 Å². The minimum atomic E-state index is -4.41. The molecule has 0 spiro atoms. The van der Waals surface area contributed by atoms with Crippen LogP contribution in [-0.2, 0) is 0 Å². The van der Waals surface area contributed by atoms with E-state index in [1.165, 1.54) is 0 Å². The first-order valence-electron chi connectivity index (χ1n) is 4.43. The Kier molecular flexibility index (Phi) is 2.97. The van der Waals surface area contributed by atoms with Gasteiger partial charge in [0.05, 0.1) is 5.54 Å². The molecule has 1 aliphatic rings. The molecule has 0 aliphatic heterocycles. The van der Waals surface area contributed by atoms with Crippen LogP contribution in [0.2, 0.25) is 0 Å². The van der Waals surface area contributed by atoms with Crippen molar-refractivity contribution in [2.24, 2.45) is 5.73 Å². The van der Waals surface area contributed by atoms with Gasteiger partial charge in [-0.25, -0.2) is 17.6 Å². The van der Waals surface area contributed by atoms with Crippen molar-refractivity contribution in [3.8, 4) is 0 Å². The van der Waals surface area contributed by atoms with Gasteiger partial charge in [0.2, 0.25) is 5.92 Å². The molecule has 1 nitrogen and oxygen atoms in total. The number of rotatable bonds is 2. The maximum absolute atomic E-state index is 12.9. The van der Waals surface area contributed by atoms with Crippen LogP contribution in [0.15, 0.2) is 0 Å². The smallest absolute Gasteiger partial charge is 0.320 e. The predicted octanol–water partition coefficient (Wildman–Crippen LogP) is 2.79. The van der Waals surface area contributed by atoms with Crippen molar-refractivity contribution in [1.29, 1.82) is 0 Å². The zero-order valence-corrected chi connectivity index (χ0v) is 7.75. The molecule has 0 saturated heterocycles. The van der Waals surface area contributed by atoms with Crippen LogP contribution in [0, 0.1) is 0 Å². The summed E-state index contributed by atoms with van der Waals surface area (Å²) < 4.78 is 75.2. The summed E-state index contributed by atoms with van der Waals surface area (Å²) in [6.45, 7) is 0. The van der Waals surface area contributed by atoms with Gasteiger partial charge in [-0.15, -0.1) is 0 Å². The fourth-order valence-corrected chi connectivity index (χ4v) is 1.61. The van der Waals surface area contributed by atoms with E-state index in [9.17, 15) is 26.3 Å². The van der Waals surface area contributed by atoms with Gasteiger partial charge in [-0.1, -0.05) is 0 Å². The Morgan fingerprint density at radius 2 is 1.40 bits per heavy atom. The molecule has 0 aromatic carbocycles. The molecule has 15 heavy (non-hydrogen) atoms. The summed E-state index contributed by atoms with van der Waals surface area (Å²) in [5.74, 6) is -7.48. The van der Waals surface area contributed by atoms with E-state index in [0.29, 0.717) is 0 Å². The Balaban J connectivity index is 2.78. The molecule has 1 saturated carbocycles. The van der Waals surface area contributed by atoms with Gasteiger partial charge in [-0.3, -0.25) is 0 Å². The highest BCUT2D eigenvalue weighted by molar-refractivity contribution is 5.03. The van der Waals surface area contributed by atoms with Crippen molar-refractivity contribution in [3.05, 3.63) is 0 Å². The van der Waals surface area contributed by atoms with E-state index in [1.54, 1.807) is 0 Å². The van der Waals surface area contributed by atoms with E-state index in [1.807, 2.05) is 0 Å². The van der Waals surface area contributed by atoms with Crippen LogP contribution in [0.4, 0.5) is 26.3 Å². The van der Waals surface area contributed by atoms with Gasteiger partial charge >= 0.3 is 12.3 Å². The normalized spacial score (nSPS) is 25.6. The zero-order valence-electron chi connectivity index (χ0n) is 7.75. The van der Waals surface area contributed by atoms with Gasteiger partial charge in [0.25, 0.3) is 0 Å². The lowest BCUT2D eigenvalue weighted by Gasteiger charge is -2.41. The third kappa shape index (κ3) is 2.21. The molecule has 0 aromatic heterocycles. The molecule has 1 fully saturated rings. The molecule has 1 aliphatic carbocycles. The molecule has 2 N–H and O–H groups in total. The first kappa shape index (κ1) is 12.6. The fraction of sp³-hybridized carbons (Fsp3) is 1.00. The molecule has 0 amide bonds. The van der Waals surface area contributed by atoms with Crippen LogP contribution in [0.1, 0.15) is 25.7 Å². The maximum atomic E-state index is 12.9. The van der Waals surface area contributed by atoms with Crippen molar-refractivity contribution < 1.29 is 26.3 Å². The van der Waals surface area contributed by atoms with E-state index in [2.05, 4.69) is 0 Å². The number of hydrogen-bond acceptors (Lipinski definition) is 1. The topological polar surface area (TPSA) is 26.0 Å². The highest BCUT2D eigenvalue weighted by Crippen LogP contribution is 2.46. The minimum Gasteiger partial charge on any atom is -0.320 e. The Bertz CT molecular complexity index is 229. The predicted molar refractivity (Wildman–Crippen MR) is 41.3 cm³/mol. The molecule has 0 aromatic rings. The third-order valence-corrected chi connectivity index (χ3v) is 2.81. The largest absolute Gasteiger partial charge is 0.324 e. The third-order valence-electron chi connectivity index (χ3n) is 2.81. The average Bonchev–Trinajstić information content (AvgIpc) is 2.10. The summed E-state index contributed by atoms with van der Waals surface area (Å²) in [7, 11) is 0. The first-order chi connectivity index (χ1) is 6.61. The van der Waals surface area contributed by atoms with Crippen molar-refractivity contribution >= 4 is 0 Å². The van der Waals surface area contributed by atoms with Crippen molar-refractivity contribution in [2.45, 2.75) is 49.5 Å². The summed E-state index contributed by atoms with van der Waals surface area (Å²) in [4.78, 5) is 0. The summed E-state index contributed by atoms with van der Waals surface area (Å²) in [6, 6.07) is 0. The Morgan fingerprint density at radius 1 is 1.00 bits per heavy atom. The van der Waals surface area contributed by atoms with Gasteiger partial charge in [0.15, 0.2) is 0 Å². The van der Waals surface area contributed by atoms with Gasteiger partial charge in [-0.2, -0.15) is 8.78 Å². The van der Waals surface area contributed by atoms with Gasteiger partial charge in [0, 0.05) is 12.8 Å². The van der Waals surface area contributed by atoms with Crippen LogP contribution in [0.3, 0.4) is 0 Å².